The molecule has 0 unspecified atom stereocenters. The number of likely N-dealkylation sites (tertiary alicyclic amines) is 2. The van der Waals surface area contributed by atoms with Gasteiger partial charge < -0.3 is 9.80 Å². The summed E-state index contributed by atoms with van der Waals surface area (Å²) in [6.45, 7) is 5.52. The summed E-state index contributed by atoms with van der Waals surface area (Å²) in [6, 6.07) is 0. The van der Waals surface area contributed by atoms with E-state index < -0.39 is 0 Å². The van der Waals surface area contributed by atoms with Crippen LogP contribution >= 0.6 is 0 Å². The number of carbonyl (C=O) groups is 1. The molecular weight excluding hydrogens is 176 g/mol. The van der Waals surface area contributed by atoms with Crippen molar-refractivity contribution in [2.75, 3.05) is 32.7 Å². The van der Waals surface area contributed by atoms with Crippen LogP contribution in [-0.4, -0.2) is 48.4 Å². The molecule has 0 spiro atoms. The monoisotopic (exact) mass is 196 g/mol. The molecule has 2 rings (SSSR count). The van der Waals surface area contributed by atoms with Gasteiger partial charge in [-0.05, 0) is 32.4 Å². The van der Waals surface area contributed by atoms with Crippen molar-refractivity contribution in [1.29, 1.82) is 0 Å². The van der Waals surface area contributed by atoms with Gasteiger partial charge in [-0.1, -0.05) is 6.42 Å². The molecule has 2 aliphatic rings. The number of carbonyl (C=O) groups excluding carboxylic acids is 1. The van der Waals surface area contributed by atoms with Gasteiger partial charge in [-0.3, -0.25) is 4.79 Å². The summed E-state index contributed by atoms with van der Waals surface area (Å²) in [5.74, 6) is 0.363. The normalized spacial score (nSPS) is 24.6. The summed E-state index contributed by atoms with van der Waals surface area (Å²) in [5, 5.41) is 0. The van der Waals surface area contributed by atoms with E-state index in [1.54, 1.807) is 0 Å². The first-order chi connectivity index (χ1) is 6.86. The Morgan fingerprint density at radius 2 is 1.71 bits per heavy atom. The molecule has 2 fully saturated rings. The SMILES string of the molecule is O=C1CCCN1CCN1CCCCC1. The van der Waals surface area contributed by atoms with Crippen molar-refractivity contribution in [3.8, 4) is 0 Å². The molecule has 80 valence electrons. The van der Waals surface area contributed by atoms with E-state index in [0.717, 1.165) is 32.5 Å². The van der Waals surface area contributed by atoms with Crippen LogP contribution in [0.1, 0.15) is 32.1 Å². The lowest BCUT2D eigenvalue weighted by atomic mass is 10.1. The van der Waals surface area contributed by atoms with Crippen molar-refractivity contribution in [2.45, 2.75) is 32.1 Å². The van der Waals surface area contributed by atoms with E-state index in [1.807, 2.05) is 4.90 Å². The Hall–Kier alpha value is -0.570. The largest absolute Gasteiger partial charge is 0.341 e. The average Bonchev–Trinajstić information content (AvgIpc) is 2.63. The Morgan fingerprint density at radius 3 is 2.36 bits per heavy atom. The number of amides is 1. The van der Waals surface area contributed by atoms with E-state index in [-0.39, 0.29) is 0 Å². The third-order valence-electron chi connectivity index (χ3n) is 3.31. The van der Waals surface area contributed by atoms with Crippen LogP contribution < -0.4 is 0 Å². The van der Waals surface area contributed by atoms with Crippen molar-refractivity contribution in [3.05, 3.63) is 0 Å². The van der Waals surface area contributed by atoms with Crippen molar-refractivity contribution in [1.82, 2.24) is 9.80 Å². The van der Waals surface area contributed by atoms with E-state index in [4.69, 9.17) is 0 Å². The van der Waals surface area contributed by atoms with Crippen LogP contribution in [0.3, 0.4) is 0 Å². The summed E-state index contributed by atoms with van der Waals surface area (Å²) < 4.78 is 0. The van der Waals surface area contributed by atoms with E-state index >= 15 is 0 Å². The van der Waals surface area contributed by atoms with Crippen LogP contribution in [-0.2, 0) is 4.79 Å². The van der Waals surface area contributed by atoms with Crippen LogP contribution in [0.2, 0.25) is 0 Å². The summed E-state index contributed by atoms with van der Waals surface area (Å²) in [5.41, 5.74) is 0. The quantitative estimate of drug-likeness (QED) is 0.674. The molecule has 0 aliphatic carbocycles. The highest BCUT2D eigenvalue weighted by molar-refractivity contribution is 5.78. The average molecular weight is 196 g/mol. The predicted molar refractivity (Wildman–Crippen MR) is 56.1 cm³/mol. The van der Waals surface area contributed by atoms with Crippen molar-refractivity contribution in [3.63, 3.8) is 0 Å². The minimum absolute atomic E-state index is 0.363. The van der Waals surface area contributed by atoms with Crippen molar-refractivity contribution >= 4 is 5.91 Å². The third-order valence-corrected chi connectivity index (χ3v) is 3.31. The Bertz CT molecular complexity index is 199. The molecule has 0 atom stereocenters. The Labute approximate surface area is 86.1 Å². The van der Waals surface area contributed by atoms with Crippen molar-refractivity contribution < 1.29 is 4.79 Å². The molecule has 1 amide bonds. The van der Waals surface area contributed by atoms with Crippen LogP contribution in [0.15, 0.2) is 0 Å². The standard InChI is InChI=1S/C11H20N2O/c14-11-5-4-8-13(11)10-9-12-6-2-1-3-7-12/h1-10H2. The second-order valence-electron chi connectivity index (χ2n) is 4.39. The van der Waals surface area contributed by atoms with Crippen LogP contribution in [0.5, 0.6) is 0 Å². The summed E-state index contributed by atoms with van der Waals surface area (Å²) in [4.78, 5) is 15.9. The summed E-state index contributed by atoms with van der Waals surface area (Å²) >= 11 is 0. The topological polar surface area (TPSA) is 23.6 Å². The van der Waals surface area contributed by atoms with Gasteiger partial charge >= 0.3 is 0 Å². The molecule has 0 aromatic rings. The zero-order chi connectivity index (χ0) is 9.80. The number of hydrogen-bond donors (Lipinski definition) is 0. The zero-order valence-corrected chi connectivity index (χ0v) is 8.87. The van der Waals surface area contributed by atoms with E-state index in [0.29, 0.717) is 5.91 Å². The van der Waals surface area contributed by atoms with E-state index in [9.17, 15) is 4.79 Å². The molecule has 0 aromatic heterocycles. The molecule has 2 heterocycles. The minimum Gasteiger partial charge on any atom is -0.341 e. The molecule has 14 heavy (non-hydrogen) atoms. The second-order valence-corrected chi connectivity index (χ2v) is 4.39. The fourth-order valence-corrected chi connectivity index (χ4v) is 2.39. The maximum absolute atomic E-state index is 11.4. The first-order valence-corrected chi connectivity index (χ1v) is 5.86. The second kappa shape index (κ2) is 4.78. The first kappa shape index (κ1) is 9.97. The molecule has 2 aliphatic heterocycles. The molecule has 2 saturated heterocycles. The van der Waals surface area contributed by atoms with E-state index in [2.05, 4.69) is 4.90 Å². The highest BCUT2D eigenvalue weighted by Gasteiger charge is 2.20. The van der Waals surface area contributed by atoms with Gasteiger partial charge in [-0.15, -0.1) is 0 Å². The molecule has 3 nitrogen and oxygen atoms in total. The lowest BCUT2D eigenvalue weighted by molar-refractivity contribution is -0.127. The van der Waals surface area contributed by atoms with E-state index in [1.165, 1.54) is 32.4 Å². The van der Waals surface area contributed by atoms with Gasteiger partial charge in [0.1, 0.15) is 0 Å². The molecule has 0 aromatic carbocycles. The third kappa shape index (κ3) is 2.47. The maximum Gasteiger partial charge on any atom is 0.222 e. The molecule has 0 saturated carbocycles. The Balaban J connectivity index is 1.68. The summed E-state index contributed by atoms with van der Waals surface area (Å²) in [7, 11) is 0. The smallest absolute Gasteiger partial charge is 0.222 e. The predicted octanol–water partition coefficient (Wildman–Crippen LogP) is 1.09. The maximum atomic E-state index is 11.4. The zero-order valence-electron chi connectivity index (χ0n) is 8.87. The van der Waals surface area contributed by atoms with Gasteiger partial charge in [0.05, 0.1) is 0 Å². The number of rotatable bonds is 3. The van der Waals surface area contributed by atoms with Gasteiger partial charge in [0, 0.05) is 26.1 Å². The fourth-order valence-electron chi connectivity index (χ4n) is 2.39. The number of piperidine rings is 1. The Kier molecular flexibility index (Phi) is 3.40. The van der Waals surface area contributed by atoms with Gasteiger partial charge in [0.2, 0.25) is 5.91 Å². The summed E-state index contributed by atoms with van der Waals surface area (Å²) in [6.07, 6.45) is 5.92. The van der Waals surface area contributed by atoms with Gasteiger partial charge in [0.15, 0.2) is 0 Å². The highest BCUT2D eigenvalue weighted by atomic mass is 16.2. The molecule has 3 heteroatoms. The molecule has 0 N–H and O–H groups in total. The highest BCUT2D eigenvalue weighted by Crippen LogP contribution is 2.11. The molecule has 0 radical (unpaired) electrons. The molecule has 0 bridgehead atoms. The number of nitrogens with zero attached hydrogens (tertiary/aromatic N) is 2. The fraction of sp³-hybridized carbons (Fsp3) is 0.909. The van der Waals surface area contributed by atoms with Gasteiger partial charge in [-0.25, -0.2) is 0 Å². The van der Waals surface area contributed by atoms with Crippen molar-refractivity contribution in [2.24, 2.45) is 0 Å². The van der Waals surface area contributed by atoms with Crippen LogP contribution in [0.4, 0.5) is 0 Å². The minimum atomic E-state index is 0.363. The lowest BCUT2D eigenvalue weighted by Crippen LogP contribution is -2.38. The molecular formula is C11H20N2O. The van der Waals surface area contributed by atoms with Gasteiger partial charge in [-0.2, -0.15) is 0 Å². The number of hydrogen-bond acceptors (Lipinski definition) is 2. The van der Waals surface area contributed by atoms with Gasteiger partial charge in [0.25, 0.3) is 0 Å². The van der Waals surface area contributed by atoms with Crippen LogP contribution in [0, 0.1) is 0 Å². The first-order valence-electron chi connectivity index (χ1n) is 5.86. The van der Waals surface area contributed by atoms with Crippen LogP contribution in [0.25, 0.3) is 0 Å². The lowest BCUT2D eigenvalue weighted by Gasteiger charge is -2.28. The Morgan fingerprint density at radius 1 is 0.929 bits per heavy atom.